The lowest BCUT2D eigenvalue weighted by Gasteiger charge is -2.29. The number of hydrogen-bond acceptors (Lipinski definition) is 12. The zero-order valence-corrected chi connectivity index (χ0v) is 24.7. The number of nitrogens with one attached hydrogen (secondary N) is 1. The van der Waals surface area contributed by atoms with Gasteiger partial charge in [-0.05, 0) is 25.3 Å². The molecule has 0 spiro atoms. The summed E-state index contributed by atoms with van der Waals surface area (Å²) in [5.41, 5.74) is 0.373. The quantitative estimate of drug-likeness (QED) is 0.313. The summed E-state index contributed by atoms with van der Waals surface area (Å²) in [6, 6.07) is 8.91. The fourth-order valence-corrected chi connectivity index (χ4v) is 4.13. The minimum Gasteiger partial charge on any atom is -0.493 e. The Hall–Kier alpha value is -4.68. The predicted molar refractivity (Wildman–Crippen MR) is 149 cm³/mol. The number of benzene rings is 1. The topological polar surface area (TPSA) is 166 Å². The fourth-order valence-electron chi connectivity index (χ4n) is 4.13. The van der Waals surface area contributed by atoms with Gasteiger partial charge in [0.15, 0.2) is 23.6 Å². The molecular weight excluding hydrogens is 564 g/mol. The van der Waals surface area contributed by atoms with Crippen LogP contribution >= 0.6 is 0 Å². The molecule has 1 aliphatic heterocycles. The molecule has 2 aromatic rings. The van der Waals surface area contributed by atoms with Crippen LogP contribution in [0.1, 0.15) is 50.2 Å². The molecule has 1 fully saturated rings. The highest BCUT2D eigenvalue weighted by Crippen LogP contribution is 2.30. The summed E-state index contributed by atoms with van der Waals surface area (Å²) in [4.78, 5) is 68.6. The van der Waals surface area contributed by atoms with Gasteiger partial charge in [-0.2, -0.15) is 0 Å². The van der Waals surface area contributed by atoms with Crippen LogP contribution in [0.15, 0.2) is 42.6 Å². The second-order valence-corrected chi connectivity index (χ2v) is 10.0. The Balaban J connectivity index is 1.88. The molecule has 2 unspecified atom stereocenters. The summed E-state index contributed by atoms with van der Waals surface area (Å²) in [5.74, 6) is -5.11. The van der Waals surface area contributed by atoms with Crippen molar-refractivity contribution in [3.8, 4) is 11.5 Å². The Morgan fingerprint density at radius 1 is 1.09 bits per heavy atom. The molecule has 0 radical (unpaired) electrons. The van der Waals surface area contributed by atoms with Gasteiger partial charge in [0, 0.05) is 12.3 Å². The van der Waals surface area contributed by atoms with Crippen molar-refractivity contribution in [2.75, 3.05) is 20.3 Å². The highest BCUT2D eigenvalue weighted by Gasteiger charge is 2.42. The second kappa shape index (κ2) is 15.5. The number of rotatable bonds is 10. The molecule has 232 valence electrons. The highest BCUT2D eigenvalue weighted by molar-refractivity contribution is 5.98. The molecule has 1 amide bonds. The molecular formula is C30H36N2O11. The van der Waals surface area contributed by atoms with E-state index in [9.17, 15) is 24.0 Å². The van der Waals surface area contributed by atoms with E-state index < -0.39 is 72.4 Å². The maximum atomic E-state index is 13.4. The van der Waals surface area contributed by atoms with E-state index in [1.54, 1.807) is 45.0 Å². The van der Waals surface area contributed by atoms with E-state index in [4.69, 9.17) is 28.4 Å². The van der Waals surface area contributed by atoms with Crippen LogP contribution in [-0.2, 0) is 39.8 Å². The minimum atomic E-state index is -1.48. The third-order valence-electron chi connectivity index (χ3n) is 6.38. The van der Waals surface area contributed by atoms with Gasteiger partial charge in [0.2, 0.25) is 5.75 Å². The number of carbonyl (C=O) groups is 5. The van der Waals surface area contributed by atoms with Gasteiger partial charge in [-0.3, -0.25) is 14.4 Å². The van der Waals surface area contributed by atoms with Crippen molar-refractivity contribution in [2.45, 2.75) is 58.8 Å². The van der Waals surface area contributed by atoms with Gasteiger partial charge < -0.3 is 33.7 Å². The SMILES string of the molecule is CCCOC(=O)Oc1c(OC)ccnc1C(=O)NC1COC(=O)[C@H](Cc2ccccc2)C(OC(=O)C(C)C)[C@H](C)OC1=O. The number of carbonyl (C=O) groups excluding carboxylic acids is 5. The number of aromatic nitrogens is 1. The van der Waals surface area contributed by atoms with Crippen LogP contribution in [0.4, 0.5) is 4.79 Å². The van der Waals surface area contributed by atoms with E-state index in [0.29, 0.717) is 6.42 Å². The summed E-state index contributed by atoms with van der Waals surface area (Å²) in [6.45, 7) is 6.05. The van der Waals surface area contributed by atoms with E-state index in [-0.39, 0.29) is 24.5 Å². The predicted octanol–water partition coefficient (Wildman–Crippen LogP) is 3.03. The molecule has 13 nitrogen and oxygen atoms in total. The highest BCUT2D eigenvalue weighted by atomic mass is 16.7. The van der Waals surface area contributed by atoms with Crippen LogP contribution in [0.25, 0.3) is 0 Å². The Labute approximate surface area is 249 Å². The fraction of sp³-hybridized carbons (Fsp3) is 0.467. The van der Waals surface area contributed by atoms with E-state index >= 15 is 0 Å². The first kappa shape index (κ1) is 32.8. The standard InChI is InChI=1S/C30H36N2O11/c1-6-14-39-30(37)43-25-22(38-5)12-13-31-23(25)26(33)32-21-16-40-28(35)20(15-19-10-8-7-9-11-19)24(18(4)41-29(21)36)42-27(34)17(2)3/h7-13,17-18,20-21,24H,6,14-16H2,1-5H3,(H,32,33)/t18-,20+,21?,24?/m0/s1. The molecule has 43 heavy (non-hydrogen) atoms. The Bertz CT molecular complexity index is 1300. The third kappa shape index (κ3) is 8.90. The van der Waals surface area contributed by atoms with Crippen LogP contribution in [-0.4, -0.2) is 73.5 Å². The Morgan fingerprint density at radius 2 is 1.81 bits per heavy atom. The summed E-state index contributed by atoms with van der Waals surface area (Å²) < 4.78 is 32.1. The number of methoxy groups -OCH3 is 1. The molecule has 4 atom stereocenters. The van der Waals surface area contributed by atoms with Crippen LogP contribution in [0.3, 0.4) is 0 Å². The number of esters is 3. The van der Waals surface area contributed by atoms with Crippen molar-refractivity contribution >= 4 is 30.0 Å². The number of cyclic esters (lactones) is 2. The monoisotopic (exact) mass is 600 g/mol. The summed E-state index contributed by atoms with van der Waals surface area (Å²) in [5, 5.41) is 2.42. The molecule has 1 aromatic heterocycles. The lowest BCUT2D eigenvalue weighted by Crippen LogP contribution is -2.47. The number of amides is 1. The molecule has 1 N–H and O–H groups in total. The summed E-state index contributed by atoms with van der Waals surface area (Å²) in [6.07, 6.45) is -1.43. The zero-order valence-electron chi connectivity index (χ0n) is 24.7. The number of pyridine rings is 1. The average molecular weight is 601 g/mol. The van der Waals surface area contributed by atoms with Gasteiger partial charge in [-0.1, -0.05) is 51.1 Å². The molecule has 13 heteroatoms. The van der Waals surface area contributed by atoms with Crippen molar-refractivity contribution in [1.29, 1.82) is 0 Å². The van der Waals surface area contributed by atoms with E-state index in [0.717, 1.165) is 5.56 Å². The van der Waals surface area contributed by atoms with Crippen LogP contribution in [0.5, 0.6) is 11.5 Å². The molecule has 1 aliphatic rings. The number of hydrogen-bond donors (Lipinski definition) is 1. The smallest absolute Gasteiger partial charge is 0.493 e. The van der Waals surface area contributed by atoms with Gasteiger partial charge in [0.05, 0.1) is 19.6 Å². The first-order valence-electron chi connectivity index (χ1n) is 13.9. The van der Waals surface area contributed by atoms with Gasteiger partial charge in [0.25, 0.3) is 5.91 Å². The van der Waals surface area contributed by atoms with Crippen molar-refractivity contribution in [1.82, 2.24) is 10.3 Å². The molecule has 1 saturated heterocycles. The molecule has 2 heterocycles. The summed E-state index contributed by atoms with van der Waals surface area (Å²) in [7, 11) is 1.30. The van der Waals surface area contributed by atoms with Crippen molar-refractivity contribution < 1.29 is 52.4 Å². The van der Waals surface area contributed by atoms with Crippen molar-refractivity contribution in [3.05, 3.63) is 53.9 Å². The number of nitrogens with zero attached hydrogens (tertiary/aromatic N) is 1. The second-order valence-electron chi connectivity index (χ2n) is 10.0. The normalized spacial score (nSPS) is 20.4. The van der Waals surface area contributed by atoms with Gasteiger partial charge in [-0.25, -0.2) is 14.6 Å². The van der Waals surface area contributed by atoms with Gasteiger partial charge >= 0.3 is 24.1 Å². The zero-order chi connectivity index (χ0) is 31.5. The van der Waals surface area contributed by atoms with Crippen LogP contribution in [0.2, 0.25) is 0 Å². The lowest BCUT2D eigenvalue weighted by molar-refractivity contribution is -0.176. The average Bonchev–Trinajstić information content (AvgIpc) is 3.02. The van der Waals surface area contributed by atoms with E-state index in [2.05, 4.69) is 10.3 Å². The maximum absolute atomic E-state index is 13.4. The van der Waals surface area contributed by atoms with Crippen LogP contribution < -0.4 is 14.8 Å². The molecule has 0 aliphatic carbocycles. The van der Waals surface area contributed by atoms with E-state index in [1.807, 2.05) is 6.07 Å². The first-order chi connectivity index (χ1) is 20.5. The van der Waals surface area contributed by atoms with Crippen LogP contribution in [0, 0.1) is 11.8 Å². The summed E-state index contributed by atoms with van der Waals surface area (Å²) >= 11 is 0. The molecule has 0 bridgehead atoms. The maximum Gasteiger partial charge on any atom is 0.514 e. The van der Waals surface area contributed by atoms with E-state index in [1.165, 1.54) is 26.3 Å². The third-order valence-corrected chi connectivity index (χ3v) is 6.38. The number of ether oxygens (including phenoxy) is 6. The van der Waals surface area contributed by atoms with Gasteiger partial charge in [0.1, 0.15) is 18.6 Å². The molecule has 3 rings (SSSR count). The van der Waals surface area contributed by atoms with Crippen molar-refractivity contribution in [3.63, 3.8) is 0 Å². The lowest BCUT2D eigenvalue weighted by atomic mass is 9.91. The Morgan fingerprint density at radius 3 is 2.47 bits per heavy atom. The molecule has 0 saturated carbocycles. The largest absolute Gasteiger partial charge is 0.514 e. The minimum absolute atomic E-state index is 0.00394. The van der Waals surface area contributed by atoms with Crippen molar-refractivity contribution in [2.24, 2.45) is 11.8 Å². The first-order valence-corrected chi connectivity index (χ1v) is 13.9. The Kier molecular flexibility index (Phi) is 11.8. The molecule has 1 aromatic carbocycles. The van der Waals surface area contributed by atoms with Gasteiger partial charge in [-0.15, -0.1) is 0 Å².